The van der Waals surface area contributed by atoms with E-state index in [0.29, 0.717) is 58.3 Å². The van der Waals surface area contributed by atoms with E-state index in [-0.39, 0.29) is 51.5 Å². The van der Waals surface area contributed by atoms with Crippen molar-refractivity contribution in [3.8, 4) is 35.2 Å². The average Bonchev–Trinajstić information content (AvgIpc) is 3.73. The lowest BCUT2D eigenvalue weighted by Gasteiger charge is -2.48. The second-order valence-electron chi connectivity index (χ2n) is 16.5. The highest BCUT2D eigenvalue weighted by molar-refractivity contribution is 6.18. The number of nitrogens with zero attached hydrogens (tertiary/aromatic N) is 7. The van der Waals surface area contributed by atoms with Crippen molar-refractivity contribution in [3.05, 3.63) is 47.7 Å². The minimum Gasteiger partial charge on any atom is -0.508 e. The molecule has 1 saturated carbocycles. The fourth-order valence-corrected chi connectivity index (χ4v) is 9.91. The first-order chi connectivity index (χ1) is 26.7. The molecule has 3 aromatic carbocycles. The third-order valence-corrected chi connectivity index (χ3v) is 12.6. The van der Waals surface area contributed by atoms with Crippen LogP contribution < -0.4 is 9.64 Å². The lowest BCUT2D eigenvalue weighted by molar-refractivity contribution is -0.183. The molecule has 1 N–H and O–H groups in total. The Morgan fingerprint density at radius 1 is 1.02 bits per heavy atom. The van der Waals surface area contributed by atoms with Gasteiger partial charge in [-0.25, -0.2) is 8.78 Å². The van der Waals surface area contributed by atoms with Crippen molar-refractivity contribution in [2.75, 3.05) is 64.5 Å². The standard InChI is InChI=1S/C42H45F2N7O4/c1-4-30-33(43)9-6-24-14-27(52)15-31(34(24)30)35-37(44)39-36(32-21-48(2)47-38(32)35)40(51-25-7-8-26(51)18-49(17-25)12-5-13-53-3)46-41(45-39)54-23-42(10-11-42)22-50-19-28-16-29(20-50)55-28/h1,6,9,14-15,21,25-26,28-29,52H,5,7-8,10-13,16-20,22-23H2,2-3H3. The highest BCUT2D eigenvalue weighted by atomic mass is 19.1. The fraction of sp³-hybridized carbons (Fsp3) is 0.500. The maximum atomic E-state index is 17.8. The second-order valence-corrected chi connectivity index (χ2v) is 16.5. The number of morpholine rings is 1. The smallest absolute Gasteiger partial charge is 0.319 e. The SMILES string of the molecule is C#Cc1c(F)ccc2cc(O)cc(-c3c(F)c4nc(OCC5(CN6CC7CC(C6)O7)CC5)nc(N5C6CCC5CN(CCCOC)C6)c4c4cn(C)nc34)c12. The zero-order valence-corrected chi connectivity index (χ0v) is 31.2. The highest BCUT2D eigenvalue weighted by Crippen LogP contribution is 2.49. The monoisotopic (exact) mass is 749 g/mol. The Kier molecular flexibility index (Phi) is 8.40. The van der Waals surface area contributed by atoms with Crippen molar-refractivity contribution in [1.82, 2.24) is 29.5 Å². The number of methoxy groups -OCH3 is 1. The quantitative estimate of drug-likeness (QED) is 0.135. The Balaban J connectivity index is 1.12. The van der Waals surface area contributed by atoms with Gasteiger partial charge in [-0.2, -0.15) is 15.1 Å². The normalized spacial score (nSPS) is 24.5. The van der Waals surface area contributed by atoms with Gasteiger partial charge in [-0.15, -0.1) is 6.42 Å². The van der Waals surface area contributed by atoms with Crippen LogP contribution in [0.1, 0.15) is 44.1 Å². The number of anilines is 1. The Labute approximate surface area is 318 Å². The number of rotatable bonds is 11. The molecule has 4 unspecified atom stereocenters. The summed E-state index contributed by atoms with van der Waals surface area (Å²) in [6.45, 7) is 6.62. The molecular weight excluding hydrogens is 705 g/mol. The van der Waals surface area contributed by atoms with E-state index < -0.39 is 11.6 Å². The van der Waals surface area contributed by atoms with E-state index in [4.69, 9.17) is 35.7 Å². The number of phenolic OH excluding ortho intramolecular Hbond substituents is 1. The second kappa shape index (κ2) is 13.3. The first kappa shape index (κ1) is 34.8. The lowest BCUT2D eigenvalue weighted by atomic mass is 9.91. The van der Waals surface area contributed by atoms with Crippen molar-refractivity contribution in [2.24, 2.45) is 12.5 Å². The van der Waals surface area contributed by atoms with Gasteiger partial charge in [0.1, 0.15) is 28.4 Å². The van der Waals surface area contributed by atoms with Crippen LogP contribution in [0.15, 0.2) is 30.5 Å². The number of halogens is 2. The number of aryl methyl sites for hydroxylation is 1. The summed E-state index contributed by atoms with van der Waals surface area (Å²) in [5, 5.41) is 17.7. The molecule has 0 spiro atoms. The summed E-state index contributed by atoms with van der Waals surface area (Å²) in [4.78, 5) is 17.4. The topological polar surface area (TPSA) is 101 Å². The number of likely N-dealkylation sites (tertiary alicyclic amines) is 1. The van der Waals surface area contributed by atoms with Crippen LogP contribution in [0.4, 0.5) is 14.6 Å². The summed E-state index contributed by atoms with van der Waals surface area (Å²) in [5.74, 6) is 1.73. The number of benzene rings is 3. The van der Waals surface area contributed by atoms with Gasteiger partial charge in [0.2, 0.25) is 0 Å². The fourth-order valence-electron chi connectivity index (χ4n) is 9.91. The van der Waals surface area contributed by atoms with E-state index in [2.05, 4.69) is 20.6 Å². The van der Waals surface area contributed by atoms with E-state index in [9.17, 15) is 5.11 Å². The van der Waals surface area contributed by atoms with Crippen LogP contribution in [0.5, 0.6) is 11.8 Å². The van der Waals surface area contributed by atoms with Crippen LogP contribution in [0.25, 0.3) is 43.7 Å². The minimum atomic E-state index is -0.659. The van der Waals surface area contributed by atoms with Gasteiger partial charge in [-0.3, -0.25) is 14.5 Å². The van der Waals surface area contributed by atoms with Crippen molar-refractivity contribution < 1.29 is 28.1 Å². The van der Waals surface area contributed by atoms with Gasteiger partial charge >= 0.3 is 6.01 Å². The van der Waals surface area contributed by atoms with Crippen LogP contribution in [0, 0.1) is 29.4 Å². The molecule has 0 amide bonds. The highest BCUT2D eigenvalue weighted by Gasteiger charge is 2.48. The molecule has 2 aromatic heterocycles. The van der Waals surface area contributed by atoms with Crippen LogP contribution in [0.3, 0.4) is 0 Å². The molecule has 0 radical (unpaired) electrons. The third-order valence-electron chi connectivity index (χ3n) is 12.6. The molecule has 55 heavy (non-hydrogen) atoms. The summed E-state index contributed by atoms with van der Waals surface area (Å²) in [5.41, 5.74) is 0.718. The Bertz CT molecular complexity index is 2360. The van der Waals surface area contributed by atoms with E-state index in [1.807, 2.05) is 6.20 Å². The first-order valence-corrected chi connectivity index (χ1v) is 19.5. The molecule has 4 bridgehead atoms. The molecule has 7 heterocycles. The van der Waals surface area contributed by atoms with Gasteiger partial charge in [0.05, 0.1) is 29.8 Å². The molecule has 11 rings (SSSR count). The zero-order chi connectivity index (χ0) is 37.6. The van der Waals surface area contributed by atoms with E-state index >= 15 is 8.78 Å². The number of ether oxygens (including phenoxy) is 3. The molecule has 286 valence electrons. The average molecular weight is 750 g/mol. The van der Waals surface area contributed by atoms with Gasteiger partial charge in [0.25, 0.3) is 0 Å². The maximum absolute atomic E-state index is 17.8. The number of phenols is 1. The molecular formula is C42H45F2N7O4. The zero-order valence-electron chi connectivity index (χ0n) is 31.2. The van der Waals surface area contributed by atoms with Crippen molar-refractivity contribution in [3.63, 3.8) is 0 Å². The number of hydrogen-bond acceptors (Lipinski definition) is 10. The van der Waals surface area contributed by atoms with Crippen molar-refractivity contribution >= 4 is 38.4 Å². The minimum absolute atomic E-state index is 0.0116. The number of aromatic hydroxyl groups is 1. The Morgan fingerprint density at radius 3 is 2.49 bits per heavy atom. The maximum Gasteiger partial charge on any atom is 0.319 e. The lowest BCUT2D eigenvalue weighted by Crippen LogP contribution is -2.58. The predicted octanol–water partition coefficient (Wildman–Crippen LogP) is 5.62. The van der Waals surface area contributed by atoms with Gasteiger partial charge in [0.15, 0.2) is 5.82 Å². The van der Waals surface area contributed by atoms with E-state index in [1.54, 1.807) is 18.8 Å². The van der Waals surface area contributed by atoms with Crippen LogP contribution in [-0.2, 0) is 16.5 Å². The molecule has 6 aliphatic rings. The van der Waals surface area contributed by atoms with Crippen LogP contribution >= 0.6 is 0 Å². The number of aromatic nitrogens is 4. The summed E-state index contributed by atoms with van der Waals surface area (Å²) in [7, 11) is 3.52. The van der Waals surface area contributed by atoms with Gasteiger partial charge in [0, 0.05) is 106 Å². The van der Waals surface area contributed by atoms with Crippen LogP contribution in [-0.4, -0.2) is 119 Å². The van der Waals surface area contributed by atoms with Gasteiger partial charge in [-0.1, -0.05) is 12.0 Å². The number of piperidine rings is 1. The van der Waals surface area contributed by atoms with E-state index in [1.165, 1.54) is 24.3 Å². The third kappa shape index (κ3) is 5.96. The summed E-state index contributed by atoms with van der Waals surface area (Å²) >= 11 is 0. The van der Waals surface area contributed by atoms with Crippen molar-refractivity contribution in [2.45, 2.75) is 62.8 Å². The van der Waals surface area contributed by atoms with E-state index in [0.717, 1.165) is 77.8 Å². The molecule has 5 aliphatic heterocycles. The Hall–Kier alpha value is -4.61. The molecule has 13 heteroatoms. The summed E-state index contributed by atoms with van der Waals surface area (Å²) in [6.07, 6.45) is 14.5. The number of piperazine rings is 1. The number of fused-ring (bicyclic) bond motifs is 8. The molecule has 1 aliphatic carbocycles. The molecule has 5 aromatic rings. The number of hydrogen-bond donors (Lipinski definition) is 1. The summed E-state index contributed by atoms with van der Waals surface area (Å²) in [6, 6.07) is 6.18. The van der Waals surface area contributed by atoms with Gasteiger partial charge < -0.3 is 24.2 Å². The van der Waals surface area contributed by atoms with Gasteiger partial charge in [-0.05, 0) is 61.3 Å². The summed E-state index contributed by atoms with van der Waals surface area (Å²) < 4.78 is 52.5. The largest absolute Gasteiger partial charge is 0.508 e. The first-order valence-electron chi connectivity index (χ1n) is 19.5. The molecule has 6 fully saturated rings. The predicted molar refractivity (Wildman–Crippen MR) is 205 cm³/mol. The molecule has 5 saturated heterocycles. The molecule has 4 atom stereocenters. The molecule has 11 nitrogen and oxygen atoms in total. The Morgan fingerprint density at radius 2 is 1.78 bits per heavy atom. The number of terminal acetylenes is 1. The van der Waals surface area contributed by atoms with Crippen molar-refractivity contribution in [1.29, 1.82) is 0 Å². The van der Waals surface area contributed by atoms with Crippen LogP contribution in [0.2, 0.25) is 0 Å².